The molecular weight excluding hydrogens is 244 g/mol. The number of pyridine rings is 1. The van der Waals surface area contributed by atoms with Crippen LogP contribution in [0.15, 0.2) is 41.5 Å². The molecule has 1 N–H and O–H groups in total. The van der Waals surface area contributed by atoms with Gasteiger partial charge in [-0.05, 0) is 25.1 Å². The van der Waals surface area contributed by atoms with E-state index < -0.39 is 0 Å². The predicted octanol–water partition coefficient (Wildman–Crippen LogP) is 0.377. The molecule has 0 saturated heterocycles. The van der Waals surface area contributed by atoms with Crippen molar-refractivity contribution in [2.24, 2.45) is 0 Å². The third kappa shape index (κ3) is 3.48. The van der Waals surface area contributed by atoms with Crippen molar-refractivity contribution >= 4 is 5.91 Å². The van der Waals surface area contributed by atoms with Crippen molar-refractivity contribution in [3.63, 3.8) is 0 Å². The lowest BCUT2D eigenvalue weighted by Gasteiger charge is -2.07. The first-order chi connectivity index (χ1) is 9.16. The number of hydrogen-bond donors (Lipinski definition) is 1. The third-order valence-electron chi connectivity index (χ3n) is 2.53. The van der Waals surface area contributed by atoms with Gasteiger partial charge in [0.05, 0.1) is 17.8 Å². The highest BCUT2D eigenvalue weighted by molar-refractivity contribution is 5.93. The summed E-state index contributed by atoms with van der Waals surface area (Å²) in [7, 11) is 0. The number of rotatable bonds is 4. The largest absolute Gasteiger partial charge is 0.350 e. The van der Waals surface area contributed by atoms with Crippen molar-refractivity contribution in [1.82, 2.24) is 20.1 Å². The molecule has 0 aliphatic carbocycles. The Kier molecular flexibility index (Phi) is 4.02. The Morgan fingerprint density at radius 3 is 2.95 bits per heavy atom. The van der Waals surface area contributed by atoms with Crippen LogP contribution in [0.4, 0.5) is 0 Å². The summed E-state index contributed by atoms with van der Waals surface area (Å²) in [5.74, 6) is -0.214. The Morgan fingerprint density at radius 1 is 1.37 bits per heavy atom. The van der Waals surface area contributed by atoms with Gasteiger partial charge in [0.1, 0.15) is 0 Å². The van der Waals surface area contributed by atoms with Gasteiger partial charge in [-0.2, -0.15) is 5.10 Å². The van der Waals surface area contributed by atoms with Crippen molar-refractivity contribution in [2.75, 3.05) is 6.54 Å². The van der Waals surface area contributed by atoms with E-state index >= 15 is 0 Å². The number of carbonyl (C=O) groups excluding carboxylic acids is 1. The van der Waals surface area contributed by atoms with Crippen LogP contribution in [0, 0.1) is 6.92 Å². The average molecular weight is 258 g/mol. The zero-order valence-electron chi connectivity index (χ0n) is 10.5. The molecule has 0 unspecified atom stereocenters. The molecule has 2 aromatic rings. The molecule has 19 heavy (non-hydrogen) atoms. The molecule has 6 nitrogen and oxygen atoms in total. The molecule has 0 aromatic carbocycles. The molecular formula is C13H14N4O2. The lowest BCUT2D eigenvalue weighted by Crippen LogP contribution is -2.32. The minimum atomic E-state index is -0.214. The van der Waals surface area contributed by atoms with E-state index in [0.717, 1.165) is 5.69 Å². The van der Waals surface area contributed by atoms with Crippen molar-refractivity contribution in [2.45, 2.75) is 13.5 Å². The molecule has 2 aromatic heterocycles. The van der Waals surface area contributed by atoms with Gasteiger partial charge in [0, 0.05) is 25.0 Å². The van der Waals surface area contributed by atoms with Gasteiger partial charge < -0.3 is 5.32 Å². The van der Waals surface area contributed by atoms with Crippen molar-refractivity contribution in [3.05, 3.63) is 58.3 Å². The zero-order valence-corrected chi connectivity index (χ0v) is 10.5. The van der Waals surface area contributed by atoms with Crippen LogP contribution in [0.25, 0.3) is 0 Å². The number of aryl methyl sites for hydroxylation is 1. The van der Waals surface area contributed by atoms with Gasteiger partial charge in [-0.3, -0.25) is 14.6 Å². The lowest BCUT2D eigenvalue weighted by atomic mass is 10.3. The van der Waals surface area contributed by atoms with Gasteiger partial charge in [0.15, 0.2) is 0 Å². The normalized spacial score (nSPS) is 10.2. The lowest BCUT2D eigenvalue weighted by molar-refractivity contribution is 0.0951. The second-order valence-electron chi connectivity index (χ2n) is 4.03. The predicted molar refractivity (Wildman–Crippen MR) is 69.8 cm³/mol. The van der Waals surface area contributed by atoms with E-state index in [0.29, 0.717) is 18.7 Å². The highest BCUT2D eigenvalue weighted by Crippen LogP contribution is 1.94. The quantitative estimate of drug-likeness (QED) is 0.860. The van der Waals surface area contributed by atoms with E-state index in [2.05, 4.69) is 15.4 Å². The highest BCUT2D eigenvalue weighted by Gasteiger charge is 2.04. The van der Waals surface area contributed by atoms with Gasteiger partial charge in [0.2, 0.25) is 0 Å². The first-order valence-electron chi connectivity index (χ1n) is 5.90. The summed E-state index contributed by atoms with van der Waals surface area (Å²) in [6.45, 7) is 2.49. The Balaban J connectivity index is 1.92. The summed E-state index contributed by atoms with van der Waals surface area (Å²) in [6, 6.07) is 6.50. The Labute approximate surface area is 110 Å². The number of carbonyl (C=O) groups is 1. The van der Waals surface area contributed by atoms with E-state index in [1.165, 1.54) is 16.9 Å². The maximum Gasteiger partial charge on any atom is 0.266 e. The highest BCUT2D eigenvalue weighted by atomic mass is 16.1. The molecule has 6 heteroatoms. The minimum Gasteiger partial charge on any atom is -0.350 e. The zero-order chi connectivity index (χ0) is 13.7. The Morgan fingerprint density at radius 2 is 2.21 bits per heavy atom. The van der Waals surface area contributed by atoms with Crippen molar-refractivity contribution < 1.29 is 4.79 Å². The molecule has 0 atom stereocenters. The monoisotopic (exact) mass is 258 g/mol. The first-order valence-corrected chi connectivity index (χ1v) is 5.90. The van der Waals surface area contributed by atoms with E-state index in [9.17, 15) is 9.59 Å². The fraction of sp³-hybridized carbons (Fsp3) is 0.231. The Bertz CT molecular complexity index is 622. The molecule has 0 aliphatic heterocycles. The second kappa shape index (κ2) is 5.90. The molecule has 0 saturated carbocycles. The fourth-order valence-corrected chi connectivity index (χ4v) is 1.59. The Hall–Kier alpha value is -2.50. The molecule has 0 aliphatic rings. The maximum absolute atomic E-state index is 11.7. The summed E-state index contributed by atoms with van der Waals surface area (Å²) in [4.78, 5) is 27.1. The van der Waals surface area contributed by atoms with Crippen molar-refractivity contribution in [1.29, 1.82) is 0 Å². The topological polar surface area (TPSA) is 76.9 Å². The average Bonchev–Trinajstić information content (AvgIpc) is 2.43. The summed E-state index contributed by atoms with van der Waals surface area (Å²) >= 11 is 0. The third-order valence-corrected chi connectivity index (χ3v) is 2.53. The van der Waals surface area contributed by atoms with Gasteiger partial charge in [0.25, 0.3) is 11.5 Å². The number of nitrogens with one attached hydrogen (secondary N) is 1. The van der Waals surface area contributed by atoms with E-state index in [1.807, 2.05) is 6.92 Å². The van der Waals surface area contributed by atoms with Gasteiger partial charge in [-0.25, -0.2) is 4.68 Å². The van der Waals surface area contributed by atoms with Crippen LogP contribution in [0.1, 0.15) is 16.1 Å². The van der Waals surface area contributed by atoms with Crippen LogP contribution in [-0.4, -0.2) is 27.2 Å². The number of hydrogen-bond acceptors (Lipinski definition) is 4. The van der Waals surface area contributed by atoms with Crippen LogP contribution in [0.2, 0.25) is 0 Å². The summed E-state index contributed by atoms with van der Waals surface area (Å²) in [5.41, 5.74) is 1.08. The SMILES string of the molecule is Cc1ccc(=O)n(CCNC(=O)c2cccnc2)n1. The van der Waals surface area contributed by atoms with Crippen molar-refractivity contribution in [3.8, 4) is 0 Å². The van der Waals surface area contributed by atoms with Crippen LogP contribution < -0.4 is 10.9 Å². The van der Waals surface area contributed by atoms with Gasteiger partial charge >= 0.3 is 0 Å². The molecule has 1 amide bonds. The van der Waals surface area contributed by atoms with Crippen LogP contribution >= 0.6 is 0 Å². The van der Waals surface area contributed by atoms with E-state index in [-0.39, 0.29) is 11.5 Å². The molecule has 0 radical (unpaired) electrons. The van der Waals surface area contributed by atoms with Crippen LogP contribution in [0.5, 0.6) is 0 Å². The summed E-state index contributed by atoms with van der Waals surface area (Å²) in [5, 5.41) is 6.80. The van der Waals surface area contributed by atoms with Gasteiger partial charge in [-0.15, -0.1) is 0 Å². The molecule has 0 spiro atoms. The number of aromatic nitrogens is 3. The molecule has 98 valence electrons. The standard InChI is InChI=1S/C13H14N4O2/c1-10-4-5-12(18)17(16-10)8-7-15-13(19)11-3-2-6-14-9-11/h2-6,9H,7-8H2,1H3,(H,15,19). The minimum absolute atomic E-state index is 0.179. The van der Waals surface area contributed by atoms with Crippen LogP contribution in [0.3, 0.4) is 0 Å². The van der Waals surface area contributed by atoms with Gasteiger partial charge in [-0.1, -0.05) is 0 Å². The summed E-state index contributed by atoms with van der Waals surface area (Å²) < 4.78 is 1.33. The maximum atomic E-state index is 11.7. The second-order valence-corrected chi connectivity index (χ2v) is 4.03. The molecule has 2 heterocycles. The summed E-state index contributed by atoms with van der Waals surface area (Å²) in [6.07, 6.45) is 3.10. The molecule has 2 rings (SSSR count). The molecule has 0 bridgehead atoms. The number of nitrogens with zero attached hydrogens (tertiary/aromatic N) is 3. The van der Waals surface area contributed by atoms with Crippen LogP contribution in [-0.2, 0) is 6.54 Å². The molecule has 0 fully saturated rings. The smallest absolute Gasteiger partial charge is 0.266 e. The van der Waals surface area contributed by atoms with E-state index in [1.54, 1.807) is 24.4 Å². The number of amides is 1. The fourth-order valence-electron chi connectivity index (χ4n) is 1.59. The first kappa shape index (κ1) is 12.9. The van der Waals surface area contributed by atoms with E-state index in [4.69, 9.17) is 0 Å².